The van der Waals surface area contributed by atoms with Gasteiger partial charge in [0.05, 0.1) is 29.1 Å². The average molecular weight is 464 g/mol. The molecule has 2 aliphatic heterocycles. The van der Waals surface area contributed by atoms with E-state index in [9.17, 15) is 5.11 Å². The van der Waals surface area contributed by atoms with Gasteiger partial charge in [-0.3, -0.25) is 9.80 Å². The third kappa shape index (κ3) is 4.06. The third-order valence-electron chi connectivity index (χ3n) is 7.04. The van der Waals surface area contributed by atoms with Gasteiger partial charge in [0.25, 0.3) is 0 Å². The zero-order valence-electron chi connectivity index (χ0n) is 18.6. The fourth-order valence-electron chi connectivity index (χ4n) is 5.46. The fraction of sp³-hybridized carbons (Fsp3) is 0.440. The molecule has 0 bridgehead atoms. The van der Waals surface area contributed by atoms with E-state index in [1.807, 2.05) is 12.4 Å². The second-order valence-electron chi connectivity index (χ2n) is 9.12. The minimum atomic E-state index is 0.0216. The number of nitrogens with zero attached hydrogens (tertiary/aromatic N) is 4. The van der Waals surface area contributed by atoms with Gasteiger partial charge in [-0.25, -0.2) is 9.97 Å². The summed E-state index contributed by atoms with van der Waals surface area (Å²) in [6.45, 7) is 4.61. The predicted octanol–water partition coefficient (Wildman–Crippen LogP) is 3.95. The topological polar surface area (TPSA) is 77.5 Å². The number of ether oxygens (including phenoxy) is 1. The van der Waals surface area contributed by atoms with Crippen LogP contribution >= 0.6 is 11.3 Å². The molecule has 5 heterocycles. The van der Waals surface area contributed by atoms with Crippen LogP contribution in [0.1, 0.15) is 35.6 Å². The average Bonchev–Trinajstić information content (AvgIpc) is 3.51. The van der Waals surface area contributed by atoms with Crippen molar-refractivity contribution in [3.8, 4) is 0 Å². The van der Waals surface area contributed by atoms with Crippen molar-refractivity contribution in [3.63, 3.8) is 0 Å². The first-order valence-electron chi connectivity index (χ1n) is 11.8. The van der Waals surface area contributed by atoms with Gasteiger partial charge in [-0.05, 0) is 49.1 Å². The zero-order valence-corrected chi connectivity index (χ0v) is 19.4. The Morgan fingerprint density at radius 2 is 2.15 bits per heavy atom. The lowest BCUT2D eigenvalue weighted by molar-refractivity contribution is -0.0850. The lowest BCUT2D eigenvalue weighted by atomic mass is 9.97. The number of aliphatic hydroxyl groups excluding tert-OH is 1. The van der Waals surface area contributed by atoms with E-state index in [0.717, 1.165) is 54.8 Å². The molecule has 0 radical (unpaired) electrons. The molecular weight excluding hydrogens is 434 g/mol. The molecule has 0 spiro atoms. The van der Waals surface area contributed by atoms with E-state index in [4.69, 9.17) is 4.74 Å². The lowest BCUT2D eigenvalue weighted by Gasteiger charge is -2.45. The number of hydrogen-bond acceptors (Lipinski definition) is 7. The van der Waals surface area contributed by atoms with E-state index < -0.39 is 0 Å². The van der Waals surface area contributed by atoms with Crippen LogP contribution in [0.5, 0.6) is 0 Å². The Morgan fingerprint density at radius 3 is 3.06 bits per heavy atom. The zero-order chi connectivity index (χ0) is 22.2. The van der Waals surface area contributed by atoms with Crippen LogP contribution in [-0.2, 0) is 4.74 Å². The van der Waals surface area contributed by atoms with Crippen LogP contribution < -0.4 is 0 Å². The van der Waals surface area contributed by atoms with Crippen LogP contribution in [0.2, 0.25) is 0 Å². The van der Waals surface area contributed by atoms with Gasteiger partial charge < -0.3 is 14.8 Å². The highest BCUT2D eigenvalue weighted by atomic mass is 32.1. The van der Waals surface area contributed by atoms with Gasteiger partial charge >= 0.3 is 0 Å². The van der Waals surface area contributed by atoms with Crippen molar-refractivity contribution in [1.82, 2.24) is 24.8 Å². The Balaban J connectivity index is 1.35. The number of nitrogens with one attached hydrogen (secondary N) is 1. The van der Waals surface area contributed by atoms with Crippen LogP contribution in [0.25, 0.3) is 21.1 Å². The summed E-state index contributed by atoms with van der Waals surface area (Å²) in [5.41, 5.74) is 3.40. The normalized spacial score (nSPS) is 23.9. The standard InChI is InChI=1S/C25H29N5O2S/c31-15-17-3-2-8-29(13-17)25(23-11-21-24(33-23)12-26-16-28-21)30-9-10-32-22(14-30)19-4-1-5-20-18(19)6-7-27-20/h1,4-7,11-12,16-17,22,25,27,31H,2-3,8-10,13-15H2. The summed E-state index contributed by atoms with van der Waals surface area (Å²) in [7, 11) is 0. The maximum Gasteiger partial charge on any atom is 0.116 e. The van der Waals surface area contributed by atoms with E-state index in [1.165, 1.54) is 15.8 Å². The Morgan fingerprint density at radius 1 is 1.21 bits per heavy atom. The maximum absolute atomic E-state index is 9.88. The number of thiophene rings is 1. The van der Waals surface area contributed by atoms with Crippen molar-refractivity contribution in [2.45, 2.75) is 25.1 Å². The van der Waals surface area contributed by atoms with E-state index in [2.05, 4.69) is 55.1 Å². The number of hydrogen-bond donors (Lipinski definition) is 2. The van der Waals surface area contributed by atoms with E-state index >= 15 is 0 Å². The molecule has 6 rings (SSSR count). The van der Waals surface area contributed by atoms with Gasteiger partial charge in [-0.15, -0.1) is 11.3 Å². The third-order valence-corrected chi connectivity index (χ3v) is 8.14. The summed E-state index contributed by atoms with van der Waals surface area (Å²) < 4.78 is 7.43. The molecule has 2 N–H and O–H groups in total. The molecule has 8 heteroatoms. The minimum absolute atomic E-state index is 0.0216. The van der Waals surface area contributed by atoms with Gasteiger partial charge in [-0.2, -0.15) is 0 Å². The number of rotatable bonds is 5. The molecule has 3 atom stereocenters. The summed E-state index contributed by atoms with van der Waals surface area (Å²) in [6, 6.07) is 10.8. The Labute approximate surface area is 197 Å². The van der Waals surface area contributed by atoms with Crippen LogP contribution in [0, 0.1) is 5.92 Å². The van der Waals surface area contributed by atoms with Crippen LogP contribution in [0.4, 0.5) is 0 Å². The van der Waals surface area contributed by atoms with Gasteiger partial charge in [0.15, 0.2) is 0 Å². The molecule has 0 amide bonds. The second-order valence-corrected chi connectivity index (χ2v) is 10.2. The Bertz CT molecular complexity index is 1210. The highest BCUT2D eigenvalue weighted by molar-refractivity contribution is 7.19. The summed E-state index contributed by atoms with van der Waals surface area (Å²) >= 11 is 1.79. The van der Waals surface area contributed by atoms with E-state index in [-0.39, 0.29) is 18.9 Å². The van der Waals surface area contributed by atoms with Crippen molar-refractivity contribution < 1.29 is 9.84 Å². The van der Waals surface area contributed by atoms with Crippen molar-refractivity contribution in [3.05, 3.63) is 59.5 Å². The van der Waals surface area contributed by atoms with Gasteiger partial charge in [-0.1, -0.05) is 12.1 Å². The molecular formula is C25H29N5O2S. The molecule has 2 aliphatic rings. The Hall–Kier alpha value is -2.36. The summed E-state index contributed by atoms with van der Waals surface area (Å²) in [5.74, 6) is 0.334. The van der Waals surface area contributed by atoms with Crippen LogP contribution in [0.15, 0.2) is 49.1 Å². The van der Waals surface area contributed by atoms with Crippen molar-refractivity contribution in [1.29, 1.82) is 0 Å². The SMILES string of the molecule is OCC1CCCN(C(c2cc3ncncc3s2)N2CCOC(c3cccc4[nH]ccc34)C2)C1. The Kier molecular flexibility index (Phi) is 5.85. The molecule has 1 aromatic carbocycles. The number of piperidine rings is 1. The number of aliphatic hydroxyl groups is 1. The monoisotopic (exact) mass is 463 g/mol. The first-order valence-corrected chi connectivity index (χ1v) is 12.6. The summed E-state index contributed by atoms with van der Waals surface area (Å²) in [5, 5.41) is 11.1. The van der Waals surface area contributed by atoms with Gasteiger partial charge in [0.2, 0.25) is 0 Å². The first-order chi connectivity index (χ1) is 16.3. The number of aromatic nitrogens is 3. The maximum atomic E-state index is 9.88. The number of H-pyrrole nitrogens is 1. The quantitative estimate of drug-likeness (QED) is 0.467. The van der Waals surface area contributed by atoms with E-state index in [1.54, 1.807) is 17.7 Å². The minimum Gasteiger partial charge on any atom is -0.396 e. The van der Waals surface area contributed by atoms with Crippen molar-refractivity contribution >= 4 is 32.5 Å². The number of morpholine rings is 1. The highest BCUT2D eigenvalue weighted by Crippen LogP contribution is 2.39. The number of fused-ring (bicyclic) bond motifs is 2. The second kappa shape index (κ2) is 9.12. The molecule has 4 aromatic rings. The van der Waals surface area contributed by atoms with Crippen LogP contribution in [-0.4, -0.2) is 69.3 Å². The molecule has 0 aliphatic carbocycles. The number of likely N-dealkylation sites (tertiary alicyclic amines) is 1. The number of aromatic amines is 1. The smallest absolute Gasteiger partial charge is 0.116 e. The molecule has 2 saturated heterocycles. The van der Waals surface area contributed by atoms with Crippen LogP contribution in [0.3, 0.4) is 0 Å². The fourth-order valence-corrected chi connectivity index (χ4v) is 6.62. The molecule has 3 unspecified atom stereocenters. The molecule has 3 aromatic heterocycles. The highest BCUT2D eigenvalue weighted by Gasteiger charge is 2.35. The molecule has 33 heavy (non-hydrogen) atoms. The molecule has 7 nitrogen and oxygen atoms in total. The predicted molar refractivity (Wildman–Crippen MR) is 130 cm³/mol. The lowest BCUT2D eigenvalue weighted by Crippen LogP contribution is -2.50. The van der Waals surface area contributed by atoms with Crippen molar-refractivity contribution in [2.75, 3.05) is 39.4 Å². The molecule has 172 valence electrons. The molecule has 2 fully saturated rings. The summed E-state index contributed by atoms with van der Waals surface area (Å²) in [6.07, 6.45) is 7.91. The molecule has 0 saturated carbocycles. The van der Waals surface area contributed by atoms with Gasteiger partial charge in [0, 0.05) is 54.4 Å². The van der Waals surface area contributed by atoms with E-state index in [0.29, 0.717) is 12.5 Å². The number of benzene rings is 1. The van der Waals surface area contributed by atoms with Gasteiger partial charge in [0.1, 0.15) is 6.33 Å². The summed E-state index contributed by atoms with van der Waals surface area (Å²) in [4.78, 5) is 18.5. The van der Waals surface area contributed by atoms with Crippen molar-refractivity contribution in [2.24, 2.45) is 5.92 Å². The first kappa shape index (κ1) is 21.2. The largest absolute Gasteiger partial charge is 0.396 e.